The quantitative estimate of drug-likeness (QED) is 0.394. The van der Waals surface area contributed by atoms with Gasteiger partial charge in [0.1, 0.15) is 5.82 Å². The van der Waals surface area contributed by atoms with E-state index in [9.17, 15) is 9.18 Å². The van der Waals surface area contributed by atoms with Crippen molar-refractivity contribution in [3.8, 4) is 11.5 Å². The Balaban J connectivity index is 1.48. The zero-order valence-electron chi connectivity index (χ0n) is 18.7. The minimum absolute atomic E-state index is 0.182. The summed E-state index contributed by atoms with van der Waals surface area (Å²) in [6, 6.07) is 17.5. The van der Waals surface area contributed by atoms with Gasteiger partial charge >= 0.3 is 0 Å². The molecule has 0 radical (unpaired) electrons. The number of benzene rings is 3. The molecular formula is C26H26FN3O3. The molecule has 4 aromatic rings. The van der Waals surface area contributed by atoms with Gasteiger partial charge in [0.25, 0.3) is 5.91 Å². The lowest BCUT2D eigenvalue weighted by Crippen LogP contribution is -2.22. The molecule has 7 heteroatoms. The smallest absolute Gasteiger partial charge is 0.251 e. The summed E-state index contributed by atoms with van der Waals surface area (Å²) in [5.74, 6) is 0.897. The number of halogens is 1. The Morgan fingerprint density at radius 3 is 2.42 bits per heavy atom. The van der Waals surface area contributed by atoms with Crippen LogP contribution in [-0.2, 0) is 13.1 Å². The molecule has 0 unspecified atom stereocenters. The van der Waals surface area contributed by atoms with Crippen molar-refractivity contribution in [3.05, 3.63) is 89.4 Å². The largest absolute Gasteiger partial charge is 0.490 e. The summed E-state index contributed by atoms with van der Waals surface area (Å²) >= 11 is 0. The Bertz CT molecular complexity index is 1250. The molecule has 0 spiro atoms. The highest BCUT2D eigenvalue weighted by atomic mass is 19.1. The van der Waals surface area contributed by atoms with Crippen LogP contribution in [0.15, 0.2) is 66.9 Å². The predicted molar refractivity (Wildman–Crippen MR) is 125 cm³/mol. The van der Waals surface area contributed by atoms with Crippen LogP contribution in [0.25, 0.3) is 10.9 Å². The number of hydrogen-bond donors (Lipinski definition) is 1. The Kier molecular flexibility index (Phi) is 6.88. The molecule has 1 aromatic heterocycles. The first kappa shape index (κ1) is 22.3. The SMILES string of the molecule is CCOc1ccc(CNC(=O)c2ccc3cnn(Cc4ccc(F)cc4)c3c2)cc1OCC. The molecule has 170 valence electrons. The Hall–Kier alpha value is -3.87. The molecule has 3 aromatic carbocycles. The zero-order chi connectivity index (χ0) is 23.2. The average molecular weight is 448 g/mol. The van der Waals surface area contributed by atoms with Crippen molar-refractivity contribution >= 4 is 16.8 Å². The maximum Gasteiger partial charge on any atom is 0.251 e. The molecule has 0 bridgehead atoms. The van der Waals surface area contributed by atoms with Crippen LogP contribution in [0.3, 0.4) is 0 Å². The van der Waals surface area contributed by atoms with Gasteiger partial charge in [-0.2, -0.15) is 5.10 Å². The topological polar surface area (TPSA) is 65.4 Å². The number of rotatable bonds is 9. The molecule has 6 nitrogen and oxygen atoms in total. The summed E-state index contributed by atoms with van der Waals surface area (Å²) in [7, 11) is 0. The summed E-state index contributed by atoms with van der Waals surface area (Å²) in [6.45, 7) is 5.77. The van der Waals surface area contributed by atoms with Gasteiger partial charge in [-0.05, 0) is 61.4 Å². The minimum atomic E-state index is -0.274. The molecule has 0 aliphatic heterocycles. The lowest BCUT2D eigenvalue weighted by atomic mass is 10.1. The van der Waals surface area contributed by atoms with Crippen molar-refractivity contribution in [2.45, 2.75) is 26.9 Å². The Morgan fingerprint density at radius 2 is 1.67 bits per heavy atom. The van der Waals surface area contributed by atoms with E-state index in [0.29, 0.717) is 43.4 Å². The zero-order valence-corrected chi connectivity index (χ0v) is 18.7. The van der Waals surface area contributed by atoms with Crippen LogP contribution in [0.2, 0.25) is 0 Å². The van der Waals surface area contributed by atoms with Gasteiger partial charge in [-0.15, -0.1) is 0 Å². The van der Waals surface area contributed by atoms with Gasteiger partial charge < -0.3 is 14.8 Å². The number of nitrogens with one attached hydrogen (secondary N) is 1. The van der Waals surface area contributed by atoms with Crippen molar-refractivity contribution in [3.63, 3.8) is 0 Å². The first-order chi connectivity index (χ1) is 16.1. The minimum Gasteiger partial charge on any atom is -0.490 e. The number of aromatic nitrogens is 2. The van der Waals surface area contributed by atoms with Gasteiger partial charge in [-0.1, -0.05) is 24.3 Å². The third kappa shape index (κ3) is 5.31. The first-order valence-corrected chi connectivity index (χ1v) is 10.9. The predicted octanol–water partition coefficient (Wildman–Crippen LogP) is 4.95. The standard InChI is InChI=1S/C26H26FN3O3/c1-3-32-24-12-7-19(13-25(24)33-4-2)15-28-26(31)20-8-9-21-16-29-30(23(21)14-20)17-18-5-10-22(27)11-6-18/h5-14,16H,3-4,15,17H2,1-2H3,(H,28,31). The van der Waals surface area contributed by atoms with Crippen LogP contribution in [-0.4, -0.2) is 28.9 Å². The number of ether oxygens (including phenoxy) is 2. The monoisotopic (exact) mass is 447 g/mol. The van der Waals surface area contributed by atoms with E-state index < -0.39 is 0 Å². The van der Waals surface area contributed by atoms with Crippen molar-refractivity contribution in [1.29, 1.82) is 0 Å². The number of fused-ring (bicyclic) bond motifs is 1. The first-order valence-electron chi connectivity index (χ1n) is 10.9. The number of amides is 1. The van der Waals surface area contributed by atoms with Crippen LogP contribution in [0.5, 0.6) is 11.5 Å². The van der Waals surface area contributed by atoms with Crippen LogP contribution in [0.4, 0.5) is 4.39 Å². The molecule has 0 fully saturated rings. The molecule has 0 saturated heterocycles. The lowest BCUT2D eigenvalue weighted by Gasteiger charge is -2.13. The van der Waals surface area contributed by atoms with Crippen LogP contribution in [0.1, 0.15) is 35.3 Å². The molecule has 0 saturated carbocycles. The fraction of sp³-hybridized carbons (Fsp3) is 0.231. The van der Waals surface area contributed by atoms with E-state index in [1.807, 2.05) is 44.2 Å². The highest BCUT2D eigenvalue weighted by Gasteiger charge is 2.11. The molecule has 1 N–H and O–H groups in total. The van der Waals surface area contributed by atoms with E-state index in [0.717, 1.165) is 22.0 Å². The molecular weight excluding hydrogens is 421 g/mol. The van der Waals surface area contributed by atoms with Crippen molar-refractivity contribution < 1.29 is 18.7 Å². The molecule has 4 rings (SSSR count). The van der Waals surface area contributed by atoms with Crippen LogP contribution < -0.4 is 14.8 Å². The molecule has 0 aliphatic rings. The molecule has 33 heavy (non-hydrogen) atoms. The molecule has 0 aliphatic carbocycles. The third-order valence-corrected chi connectivity index (χ3v) is 5.21. The van der Waals surface area contributed by atoms with Crippen molar-refractivity contribution in [1.82, 2.24) is 15.1 Å². The number of hydrogen-bond acceptors (Lipinski definition) is 4. The summed E-state index contributed by atoms with van der Waals surface area (Å²) in [5.41, 5.74) is 3.22. The highest BCUT2D eigenvalue weighted by Crippen LogP contribution is 2.28. The Morgan fingerprint density at radius 1 is 0.939 bits per heavy atom. The number of carbonyl (C=O) groups excluding carboxylic acids is 1. The van der Waals surface area contributed by atoms with E-state index in [1.54, 1.807) is 29.1 Å². The van der Waals surface area contributed by atoms with Crippen LogP contribution >= 0.6 is 0 Å². The van der Waals surface area contributed by atoms with Gasteiger partial charge in [0.05, 0.1) is 31.5 Å². The molecule has 1 amide bonds. The van der Waals surface area contributed by atoms with Gasteiger partial charge in [-0.25, -0.2) is 4.39 Å². The second-order valence-corrected chi connectivity index (χ2v) is 7.53. The van der Waals surface area contributed by atoms with E-state index in [1.165, 1.54) is 12.1 Å². The van der Waals surface area contributed by atoms with Crippen LogP contribution in [0, 0.1) is 5.82 Å². The third-order valence-electron chi connectivity index (χ3n) is 5.21. The van der Waals surface area contributed by atoms with Crippen molar-refractivity contribution in [2.24, 2.45) is 0 Å². The molecule has 1 heterocycles. The average Bonchev–Trinajstić information content (AvgIpc) is 3.22. The summed E-state index contributed by atoms with van der Waals surface area (Å²) in [5, 5.41) is 8.32. The van der Waals surface area contributed by atoms with E-state index in [4.69, 9.17) is 9.47 Å². The van der Waals surface area contributed by atoms with E-state index in [-0.39, 0.29) is 11.7 Å². The van der Waals surface area contributed by atoms with Gasteiger partial charge in [0, 0.05) is 17.5 Å². The summed E-state index contributed by atoms with van der Waals surface area (Å²) < 4.78 is 26.3. The number of carbonyl (C=O) groups is 1. The van der Waals surface area contributed by atoms with E-state index >= 15 is 0 Å². The van der Waals surface area contributed by atoms with Gasteiger partial charge in [0.15, 0.2) is 11.5 Å². The second-order valence-electron chi connectivity index (χ2n) is 7.53. The molecule has 0 atom stereocenters. The fourth-order valence-corrected chi connectivity index (χ4v) is 3.59. The highest BCUT2D eigenvalue weighted by molar-refractivity contribution is 5.97. The normalized spacial score (nSPS) is 10.9. The lowest BCUT2D eigenvalue weighted by molar-refractivity contribution is 0.0951. The maximum atomic E-state index is 13.2. The van der Waals surface area contributed by atoms with Crippen molar-refractivity contribution in [2.75, 3.05) is 13.2 Å². The second kappa shape index (κ2) is 10.2. The Labute approximate surface area is 191 Å². The summed E-state index contributed by atoms with van der Waals surface area (Å²) in [4.78, 5) is 12.8. The maximum absolute atomic E-state index is 13.2. The summed E-state index contributed by atoms with van der Waals surface area (Å²) in [6.07, 6.45) is 1.76. The van der Waals surface area contributed by atoms with E-state index in [2.05, 4.69) is 10.4 Å². The van der Waals surface area contributed by atoms with Gasteiger partial charge in [-0.3, -0.25) is 9.48 Å². The van der Waals surface area contributed by atoms with Gasteiger partial charge in [0.2, 0.25) is 0 Å². The number of nitrogens with zero attached hydrogens (tertiary/aromatic N) is 2. The fourth-order valence-electron chi connectivity index (χ4n) is 3.59.